The molecule has 6 heteroatoms. The number of nitrogens with one attached hydrogen (secondary N) is 2. The van der Waals surface area contributed by atoms with Crippen LogP contribution in [0.5, 0.6) is 0 Å². The first-order valence-corrected chi connectivity index (χ1v) is 9.92. The Hall–Kier alpha value is -1.47. The molecule has 0 spiro atoms. The summed E-state index contributed by atoms with van der Waals surface area (Å²) in [6.07, 6.45) is 1.01. The zero-order valence-corrected chi connectivity index (χ0v) is 16.0. The molecular formula is C20H33N5O. The molecule has 3 rings (SSSR count). The zero-order chi connectivity index (χ0) is 18.2. The molecule has 6 nitrogen and oxygen atoms in total. The molecule has 2 N–H and O–H groups in total. The summed E-state index contributed by atoms with van der Waals surface area (Å²) in [5.41, 5.74) is 2.04. The summed E-state index contributed by atoms with van der Waals surface area (Å²) in [5.74, 6) is 0.0384. The van der Waals surface area contributed by atoms with Gasteiger partial charge in [0.1, 0.15) is 0 Å². The molecule has 1 amide bonds. The van der Waals surface area contributed by atoms with E-state index in [4.69, 9.17) is 0 Å². The number of nitrogens with zero attached hydrogens (tertiary/aromatic N) is 3. The molecule has 2 aliphatic heterocycles. The van der Waals surface area contributed by atoms with Gasteiger partial charge in [-0.1, -0.05) is 12.1 Å². The quantitative estimate of drug-likeness (QED) is 0.693. The maximum absolute atomic E-state index is 12.3. The topological polar surface area (TPSA) is 50.9 Å². The molecule has 0 aliphatic carbocycles. The predicted octanol–water partition coefficient (Wildman–Crippen LogP) is 0.459. The molecule has 2 saturated heterocycles. The van der Waals surface area contributed by atoms with Crippen molar-refractivity contribution in [1.82, 2.24) is 25.3 Å². The number of hydrogen-bond acceptors (Lipinski definition) is 5. The maximum atomic E-state index is 12.3. The van der Waals surface area contributed by atoms with Crippen LogP contribution in [0.4, 0.5) is 0 Å². The van der Waals surface area contributed by atoms with Gasteiger partial charge in [-0.25, -0.2) is 0 Å². The van der Waals surface area contributed by atoms with Crippen molar-refractivity contribution in [3.05, 3.63) is 35.4 Å². The van der Waals surface area contributed by atoms with E-state index >= 15 is 0 Å². The van der Waals surface area contributed by atoms with Crippen LogP contribution in [0.15, 0.2) is 24.3 Å². The third-order valence-corrected chi connectivity index (χ3v) is 5.36. The molecule has 2 aliphatic rings. The Morgan fingerprint density at radius 2 is 1.69 bits per heavy atom. The molecule has 0 aromatic heterocycles. The minimum Gasteiger partial charge on any atom is -0.352 e. The number of piperazine rings is 2. The van der Waals surface area contributed by atoms with Gasteiger partial charge in [0, 0.05) is 71.0 Å². The van der Waals surface area contributed by atoms with Crippen LogP contribution in [0, 0.1) is 0 Å². The second kappa shape index (κ2) is 10.0. The Morgan fingerprint density at radius 1 is 1.00 bits per heavy atom. The second-order valence-corrected chi connectivity index (χ2v) is 7.48. The smallest absolute Gasteiger partial charge is 0.251 e. The minimum absolute atomic E-state index is 0.0384. The molecule has 0 bridgehead atoms. The van der Waals surface area contributed by atoms with E-state index in [1.807, 2.05) is 12.1 Å². The van der Waals surface area contributed by atoms with Gasteiger partial charge in [-0.2, -0.15) is 0 Å². The Morgan fingerprint density at radius 3 is 2.38 bits per heavy atom. The fourth-order valence-corrected chi connectivity index (χ4v) is 3.57. The van der Waals surface area contributed by atoms with Gasteiger partial charge in [0.2, 0.25) is 0 Å². The normalized spacial score (nSPS) is 20.2. The summed E-state index contributed by atoms with van der Waals surface area (Å²) in [5, 5.41) is 6.41. The van der Waals surface area contributed by atoms with Crippen molar-refractivity contribution in [3.8, 4) is 0 Å². The molecule has 0 atom stereocenters. The summed E-state index contributed by atoms with van der Waals surface area (Å²) in [6.45, 7) is 11.7. The molecule has 0 radical (unpaired) electrons. The van der Waals surface area contributed by atoms with Gasteiger partial charge in [0.05, 0.1) is 0 Å². The number of amides is 1. The minimum atomic E-state index is 0.0384. The fourth-order valence-electron chi connectivity index (χ4n) is 3.57. The largest absolute Gasteiger partial charge is 0.352 e. The average molecular weight is 360 g/mol. The van der Waals surface area contributed by atoms with Crippen LogP contribution in [0.25, 0.3) is 0 Å². The number of rotatable bonds is 7. The third kappa shape index (κ3) is 6.06. The number of carbonyl (C=O) groups excluding carboxylic acids is 1. The van der Waals surface area contributed by atoms with E-state index in [1.165, 1.54) is 5.56 Å². The summed E-state index contributed by atoms with van der Waals surface area (Å²) >= 11 is 0. The standard InChI is InChI=1S/C20H33N5O/c1-23-13-15-25(16-14-23)17-18-3-5-19(6-4-18)20(26)22-7-2-10-24-11-8-21-9-12-24/h3-6,21H,2,7-17H2,1H3,(H,22,26). The molecular weight excluding hydrogens is 326 g/mol. The highest BCUT2D eigenvalue weighted by molar-refractivity contribution is 5.94. The number of carbonyl (C=O) groups is 1. The first kappa shape index (κ1) is 19.3. The lowest BCUT2D eigenvalue weighted by atomic mass is 10.1. The van der Waals surface area contributed by atoms with Crippen molar-refractivity contribution >= 4 is 5.91 Å². The van der Waals surface area contributed by atoms with E-state index in [9.17, 15) is 4.79 Å². The van der Waals surface area contributed by atoms with Gasteiger partial charge in [0.15, 0.2) is 0 Å². The first-order valence-electron chi connectivity index (χ1n) is 9.92. The SMILES string of the molecule is CN1CCN(Cc2ccc(C(=O)NCCCN3CCNCC3)cc2)CC1. The van der Waals surface area contributed by atoms with Crippen LogP contribution >= 0.6 is 0 Å². The molecule has 26 heavy (non-hydrogen) atoms. The second-order valence-electron chi connectivity index (χ2n) is 7.48. The molecule has 2 fully saturated rings. The lowest BCUT2D eigenvalue weighted by molar-refractivity contribution is 0.0951. The average Bonchev–Trinajstić information content (AvgIpc) is 2.68. The highest BCUT2D eigenvalue weighted by Gasteiger charge is 2.14. The van der Waals surface area contributed by atoms with Crippen molar-refractivity contribution in [1.29, 1.82) is 0 Å². The van der Waals surface area contributed by atoms with Crippen LogP contribution < -0.4 is 10.6 Å². The van der Waals surface area contributed by atoms with E-state index in [0.29, 0.717) is 0 Å². The summed E-state index contributed by atoms with van der Waals surface area (Å²) in [7, 11) is 2.18. The molecule has 1 aromatic carbocycles. The Kier molecular flexibility index (Phi) is 7.43. The summed E-state index contributed by atoms with van der Waals surface area (Å²) < 4.78 is 0. The number of likely N-dealkylation sites (N-methyl/N-ethyl adjacent to an activating group) is 1. The zero-order valence-electron chi connectivity index (χ0n) is 16.0. The Bertz CT molecular complexity index is 548. The molecule has 1 aromatic rings. The maximum Gasteiger partial charge on any atom is 0.251 e. The van der Waals surface area contributed by atoms with Crippen LogP contribution in [0.1, 0.15) is 22.3 Å². The summed E-state index contributed by atoms with van der Waals surface area (Å²) in [6, 6.07) is 8.09. The van der Waals surface area contributed by atoms with Crippen LogP contribution in [-0.2, 0) is 6.54 Å². The molecule has 0 unspecified atom stereocenters. The van der Waals surface area contributed by atoms with Gasteiger partial charge in [-0.15, -0.1) is 0 Å². The van der Waals surface area contributed by atoms with Crippen molar-refractivity contribution in [3.63, 3.8) is 0 Å². The van der Waals surface area contributed by atoms with Crippen LogP contribution in [-0.4, -0.2) is 93.1 Å². The van der Waals surface area contributed by atoms with Gasteiger partial charge < -0.3 is 20.4 Å². The van der Waals surface area contributed by atoms with E-state index in [-0.39, 0.29) is 5.91 Å². The van der Waals surface area contributed by atoms with Crippen molar-refractivity contribution in [2.75, 3.05) is 72.5 Å². The highest BCUT2D eigenvalue weighted by Crippen LogP contribution is 2.10. The third-order valence-electron chi connectivity index (χ3n) is 5.36. The number of benzene rings is 1. The first-order chi connectivity index (χ1) is 12.7. The monoisotopic (exact) mass is 359 g/mol. The van der Waals surface area contributed by atoms with E-state index in [0.717, 1.165) is 84.0 Å². The molecule has 0 saturated carbocycles. The number of hydrogen-bond donors (Lipinski definition) is 2. The van der Waals surface area contributed by atoms with Crippen molar-refractivity contribution in [2.24, 2.45) is 0 Å². The lowest BCUT2D eigenvalue weighted by Gasteiger charge is -2.32. The van der Waals surface area contributed by atoms with E-state index in [2.05, 4.69) is 44.5 Å². The molecule has 2 heterocycles. The predicted molar refractivity (Wildman–Crippen MR) is 105 cm³/mol. The Balaban J connectivity index is 1.36. The van der Waals surface area contributed by atoms with Gasteiger partial charge in [-0.05, 0) is 37.7 Å². The van der Waals surface area contributed by atoms with E-state index in [1.54, 1.807) is 0 Å². The van der Waals surface area contributed by atoms with Gasteiger partial charge >= 0.3 is 0 Å². The lowest BCUT2D eigenvalue weighted by Crippen LogP contribution is -2.44. The van der Waals surface area contributed by atoms with Crippen LogP contribution in [0.3, 0.4) is 0 Å². The van der Waals surface area contributed by atoms with Gasteiger partial charge in [0.25, 0.3) is 5.91 Å². The van der Waals surface area contributed by atoms with Gasteiger partial charge in [-0.3, -0.25) is 9.69 Å². The van der Waals surface area contributed by atoms with Crippen LogP contribution in [0.2, 0.25) is 0 Å². The summed E-state index contributed by atoms with van der Waals surface area (Å²) in [4.78, 5) is 19.6. The van der Waals surface area contributed by atoms with E-state index < -0.39 is 0 Å². The van der Waals surface area contributed by atoms with Crippen molar-refractivity contribution in [2.45, 2.75) is 13.0 Å². The molecule has 144 valence electrons. The van der Waals surface area contributed by atoms with Crippen molar-refractivity contribution < 1.29 is 4.79 Å². The Labute approximate surface area is 157 Å². The highest BCUT2D eigenvalue weighted by atomic mass is 16.1. The fraction of sp³-hybridized carbons (Fsp3) is 0.650.